The minimum Gasteiger partial charge on any atom is -0.395 e. The molecular weight excluding hydrogens is 348 g/mol. The number of rotatable bonds is 5. The molecule has 0 aromatic heterocycles. The van der Waals surface area contributed by atoms with Crippen LogP contribution in [0.5, 0.6) is 0 Å². The van der Waals surface area contributed by atoms with E-state index in [1.807, 2.05) is 0 Å². The van der Waals surface area contributed by atoms with E-state index in [0.29, 0.717) is 29.6 Å². The van der Waals surface area contributed by atoms with Crippen molar-refractivity contribution in [3.05, 3.63) is 0 Å². The topological polar surface area (TPSA) is 41.9 Å². The number of likely N-dealkylation sites (N-methyl/N-ethyl adjacent to an activating group) is 1. The summed E-state index contributed by atoms with van der Waals surface area (Å²) >= 11 is 0. The number of carbonyl (C=O) groups is 1. The molecule has 4 saturated carbocycles. The second-order valence-electron chi connectivity index (χ2n) is 11.0. The zero-order chi connectivity index (χ0) is 19.9. The number of nitrogens with zero attached hydrogens (tertiary/aromatic N) is 2. The zero-order valence-electron chi connectivity index (χ0n) is 18.5. The fraction of sp³-hybridized carbons (Fsp3) is 0.917. The van der Waals surface area contributed by atoms with E-state index in [-0.39, 0.29) is 5.41 Å². The molecule has 4 aliphatic carbocycles. The lowest BCUT2D eigenvalue weighted by Gasteiger charge is -2.60. The molecule has 4 nitrogen and oxygen atoms in total. The highest BCUT2D eigenvalue weighted by Gasteiger charge is 2.60. The molecule has 7 atom stereocenters. The second-order valence-corrected chi connectivity index (χ2v) is 11.0. The summed E-state index contributed by atoms with van der Waals surface area (Å²) in [5, 5.41) is 4.28. The Kier molecular flexibility index (Phi) is 5.63. The lowest BCUT2D eigenvalue weighted by Crippen LogP contribution is -2.53. The van der Waals surface area contributed by atoms with Gasteiger partial charge in [0.25, 0.3) is 0 Å². The lowest BCUT2D eigenvalue weighted by molar-refractivity contribution is -0.139. The van der Waals surface area contributed by atoms with Gasteiger partial charge in [0, 0.05) is 24.6 Å². The molecule has 0 radical (unpaired) electrons. The monoisotopic (exact) mass is 388 g/mol. The Morgan fingerprint density at radius 2 is 1.93 bits per heavy atom. The molecule has 0 aromatic carbocycles. The molecule has 4 fully saturated rings. The van der Waals surface area contributed by atoms with E-state index in [9.17, 15) is 4.79 Å². The third-order valence-electron chi connectivity index (χ3n) is 9.39. The van der Waals surface area contributed by atoms with E-state index in [4.69, 9.17) is 4.84 Å². The van der Waals surface area contributed by atoms with Gasteiger partial charge in [-0.25, -0.2) is 0 Å². The number of carbonyl (C=O) groups excluding carboxylic acids is 1. The van der Waals surface area contributed by atoms with Crippen molar-refractivity contribution in [3.63, 3.8) is 0 Å². The van der Waals surface area contributed by atoms with Gasteiger partial charge in [-0.3, -0.25) is 4.79 Å². The van der Waals surface area contributed by atoms with Crippen LogP contribution in [0.1, 0.15) is 71.6 Å². The summed E-state index contributed by atoms with van der Waals surface area (Å²) in [7, 11) is 4.11. The molecule has 0 spiro atoms. The highest BCUT2D eigenvalue weighted by Crippen LogP contribution is 2.65. The van der Waals surface area contributed by atoms with Gasteiger partial charge in [0.1, 0.15) is 12.4 Å². The largest absolute Gasteiger partial charge is 0.395 e. The molecule has 0 aromatic rings. The number of hydrogen-bond acceptors (Lipinski definition) is 4. The molecular formula is C24H40N2O2. The molecule has 0 amide bonds. The van der Waals surface area contributed by atoms with Gasteiger partial charge >= 0.3 is 0 Å². The fourth-order valence-corrected chi connectivity index (χ4v) is 7.60. The van der Waals surface area contributed by atoms with E-state index >= 15 is 0 Å². The van der Waals surface area contributed by atoms with E-state index in [2.05, 4.69) is 44.2 Å². The highest BCUT2D eigenvalue weighted by molar-refractivity contribution is 5.87. The number of Topliss-reactive ketones (excluding diaryl/α,β-unsaturated/α-hetero) is 1. The zero-order valence-corrected chi connectivity index (χ0v) is 18.5. The Morgan fingerprint density at radius 3 is 2.71 bits per heavy atom. The van der Waals surface area contributed by atoms with Crippen molar-refractivity contribution in [2.45, 2.75) is 71.6 Å². The molecule has 4 unspecified atom stereocenters. The fourth-order valence-electron chi connectivity index (χ4n) is 7.60. The van der Waals surface area contributed by atoms with Gasteiger partial charge in [-0.15, -0.1) is 0 Å². The standard InChI is InChI=1S/C24H40N2O2/c1-23-11-9-17(16-25-28-14-13-26(3)4)15-18(23)5-6-19-20-7-8-22(27)24(20,2)12-10-21(19)23/h16-21H,5-15H2,1-4H3/t17-,18?,19?,20?,21?,23-,24-/m0/s1. The molecule has 4 rings (SSSR count). The van der Waals surface area contributed by atoms with E-state index < -0.39 is 0 Å². The van der Waals surface area contributed by atoms with E-state index in [1.54, 1.807) is 0 Å². The SMILES string of the molecule is CN(C)CCON=C[C@H]1CC[C@@]2(C)C(CCC3C2CC[C@]2(C)C(=O)CCC32)C1. The Labute approximate surface area is 171 Å². The molecule has 4 heteroatoms. The normalized spacial score (nSPS) is 45.8. The van der Waals surface area contributed by atoms with Crippen LogP contribution in [0.2, 0.25) is 0 Å². The van der Waals surface area contributed by atoms with Gasteiger partial charge in [0.05, 0.1) is 0 Å². The smallest absolute Gasteiger partial charge is 0.139 e. The molecule has 0 N–H and O–H groups in total. The summed E-state index contributed by atoms with van der Waals surface area (Å²) < 4.78 is 0. The van der Waals surface area contributed by atoms with Crippen LogP contribution >= 0.6 is 0 Å². The van der Waals surface area contributed by atoms with Crippen LogP contribution in [0.25, 0.3) is 0 Å². The van der Waals surface area contributed by atoms with E-state index in [0.717, 1.165) is 43.6 Å². The minimum atomic E-state index is 0.0120. The maximum Gasteiger partial charge on any atom is 0.139 e. The van der Waals surface area contributed by atoms with Gasteiger partial charge in [0.15, 0.2) is 0 Å². The van der Waals surface area contributed by atoms with Crippen molar-refractivity contribution >= 4 is 12.0 Å². The summed E-state index contributed by atoms with van der Waals surface area (Å²) in [5.74, 6) is 4.27. The molecule has 0 bridgehead atoms. The Balaban J connectivity index is 1.38. The third kappa shape index (κ3) is 3.44. The first-order chi connectivity index (χ1) is 13.3. The first kappa shape index (κ1) is 20.4. The Bertz CT molecular complexity index is 618. The highest BCUT2D eigenvalue weighted by atomic mass is 16.6. The second kappa shape index (κ2) is 7.74. The van der Waals surface area contributed by atoms with Crippen LogP contribution in [-0.4, -0.2) is 44.1 Å². The number of oxime groups is 1. The quantitative estimate of drug-likeness (QED) is 0.387. The molecule has 0 saturated heterocycles. The predicted molar refractivity (Wildman–Crippen MR) is 113 cm³/mol. The Morgan fingerprint density at radius 1 is 1.11 bits per heavy atom. The van der Waals surface area contributed by atoms with Crippen LogP contribution in [0.4, 0.5) is 0 Å². The van der Waals surface area contributed by atoms with Crippen LogP contribution in [0.15, 0.2) is 5.16 Å². The Hall–Kier alpha value is -0.900. The van der Waals surface area contributed by atoms with Gasteiger partial charge in [0.2, 0.25) is 0 Å². The number of fused-ring (bicyclic) bond motifs is 5. The van der Waals surface area contributed by atoms with Crippen molar-refractivity contribution in [1.82, 2.24) is 4.90 Å². The first-order valence-corrected chi connectivity index (χ1v) is 11.7. The van der Waals surface area contributed by atoms with Gasteiger partial charge < -0.3 is 9.74 Å². The molecule has 0 aliphatic heterocycles. The summed E-state index contributed by atoms with van der Waals surface area (Å²) in [6.45, 7) is 6.46. The third-order valence-corrected chi connectivity index (χ3v) is 9.39. The maximum atomic E-state index is 12.6. The van der Waals surface area contributed by atoms with Crippen molar-refractivity contribution in [1.29, 1.82) is 0 Å². The molecule has 158 valence electrons. The van der Waals surface area contributed by atoms with Crippen LogP contribution in [0.3, 0.4) is 0 Å². The van der Waals surface area contributed by atoms with Crippen molar-refractivity contribution in [2.75, 3.05) is 27.2 Å². The molecule has 28 heavy (non-hydrogen) atoms. The van der Waals surface area contributed by atoms with Crippen molar-refractivity contribution in [3.8, 4) is 0 Å². The van der Waals surface area contributed by atoms with Crippen molar-refractivity contribution in [2.24, 2.45) is 45.6 Å². The van der Waals surface area contributed by atoms with Gasteiger partial charge in [-0.2, -0.15) is 0 Å². The predicted octanol–water partition coefficient (Wildman–Crippen LogP) is 4.78. The minimum absolute atomic E-state index is 0.0120. The van der Waals surface area contributed by atoms with Crippen molar-refractivity contribution < 1.29 is 9.63 Å². The molecule has 4 aliphatic rings. The van der Waals surface area contributed by atoms with Gasteiger partial charge in [-0.1, -0.05) is 19.0 Å². The average Bonchev–Trinajstić information content (AvgIpc) is 2.96. The summed E-state index contributed by atoms with van der Waals surface area (Å²) in [5.41, 5.74) is 0.490. The summed E-state index contributed by atoms with van der Waals surface area (Å²) in [6, 6.07) is 0. The van der Waals surface area contributed by atoms with Crippen LogP contribution in [-0.2, 0) is 9.63 Å². The van der Waals surface area contributed by atoms with Crippen LogP contribution in [0, 0.1) is 40.4 Å². The number of ketones is 1. The van der Waals surface area contributed by atoms with Gasteiger partial charge in [-0.05, 0) is 100 Å². The van der Waals surface area contributed by atoms with E-state index in [1.165, 1.54) is 38.5 Å². The first-order valence-electron chi connectivity index (χ1n) is 11.7. The average molecular weight is 389 g/mol. The lowest BCUT2D eigenvalue weighted by atomic mass is 9.45. The maximum absolute atomic E-state index is 12.6. The van der Waals surface area contributed by atoms with Crippen LogP contribution < -0.4 is 0 Å². The molecule has 0 heterocycles. The summed E-state index contributed by atoms with van der Waals surface area (Å²) in [6.07, 6.45) is 13.1. The summed E-state index contributed by atoms with van der Waals surface area (Å²) in [4.78, 5) is 20.1. The number of hydrogen-bond donors (Lipinski definition) is 0.